The van der Waals surface area contributed by atoms with E-state index in [1.165, 1.54) is 37.3 Å². The molecule has 4 nitrogen and oxygen atoms in total. The van der Waals surface area contributed by atoms with Crippen LogP contribution < -0.4 is 5.32 Å². The van der Waals surface area contributed by atoms with Gasteiger partial charge in [-0.2, -0.15) is 22.3 Å². The molecule has 142 valence electrons. The first-order chi connectivity index (χ1) is 12.6. The molecule has 2 aromatic rings. The van der Waals surface area contributed by atoms with E-state index in [0.717, 1.165) is 12.1 Å². The van der Waals surface area contributed by atoms with Crippen molar-refractivity contribution in [2.24, 2.45) is 0 Å². The van der Waals surface area contributed by atoms with E-state index >= 15 is 0 Å². The Labute approximate surface area is 157 Å². The van der Waals surface area contributed by atoms with Crippen molar-refractivity contribution < 1.29 is 27.0 Å². The number of nitriles is 1. The molecule has 0 heterocycles. The summed E-state index contributed by atoms with van der Waals surface area (Å²) in [5, 5.41) is 21.4. The highest BCUT2D eigenvalue weighted by Crippen LogP contribution is 2.33. The monoisotopic (exact) mass is 398 g/mol. The van der Waals surface area contributed by atoms with Crippen LogP contribution in [0.2, 0.25) is 0 Å². The average molecular weight is 398 g/mol. The maximum absolute atomic E-state index is 13.0. The Balaban J connectivity index is 2.18. The van der Waals surface area contributed by atoms with Crippen LogP contribution in [0.1, 0.15) is 23.6 Å². The van der Waals surface area contributed by atoms with E-state index in [-0.39, 0.29) is 24.3 Å². The van der Waals surface area contributed by atoms with E-state index in [1.54, 1.807) is 0 Å². The number of nitrogens with one attached hydrogen (secondary N) is 1. The second kappa shape index (κ2) is 7.98. The molecule has 2 rings (SSSR count). The Bertz CT molecular complexity index is 874. The van der Waals surface area contributed by atoms with Crippen LogP contribution in [0.4, 0.5) is 22.7 Å². The Kier molecular flexibility index (Phi) is 6.13. The highest BCUT2D eigenvalue weighted by atomic mass is 32.2. The van der Waals surface area contributed by atoms with Gasteiger partial charge < -0.3 is 10.4 Å². The van der Waals surface area contributed by atoms with E-state index in [9.17, 15) is 27.0 Å². The van der Waals surface area contributed by atoms with Gasteiger partial charge in [0.1, 0.15) is 5.60 Å². The number of amides is 1. The Morgan fingerprint density at radius 3 is 2.37 bits per heavy atom. The third kappa shape index (κ3) is 5.21. The molecular formula is C18H14F4N2O2S. The highest BCUT2D eigenvalue weighted by Gasteiger charge is 2.35. The molecule has 0 aliphatic heterocycles. The second-order valence-corrected chi connectivity index (χ2v) is 6.62. The number of halogens is 4. The summed E-state index contributed by atoms with van der Waals surface area (Å²) in [6, 6.07) is 10.2. The van der Waals surface area contributed by atoms with E-state index in [0.29, 0.717) is 16.5 Å². The van der Waals surface area contributed by atoms with Crippen LogP contribution in [-0.4, -0.2) is 16.6 Å². The van der Waals surface area contributed by atoms with E-state index < -0.39 is 28.8 Å². The standard InChI is InChI=1S/C18H14F4N2O2S/c1-17(26,9-11-2-6-14(27-22)7-3-11)16(25)24-13-5-4-12(10-23)15(8-13)18(19,20)21/h2-8,26H,9H2,1H3,(H,24,25). The zero-order valence-electron chi connectivity index (χ0n) is 14.0. The van der Waals surface area contributed by atoms with Gasteiger partial charge in [-0.15, -0.1) is 0 Å². The first-order valence-electron chi connectivity index (χ1n) is 7.59. The number of benzene rings is 2. The van der Waals surface area contributed by atoms with Crippen molar-refractivity contribution in [3.63, 3.8) is 0 Å². The number of nitrogens with zero attached hydrogens (tertiary/aromatic N) is 1. The Hall–Kier alpha value is -2.57. The largest absolute Gasteiger partial charge is 0.417 e. The SMILES string of the molecule is CC(O)(Cc1ccc(SF)cc1)C(=O)Nc1ccc(C#N)c(C(F)(F)F)c1. The number of aliphatic hydroxyl groups is 1. The fourth-order valence-corrected chi connectivity index (χ4v) is 2.60. The quantitative estimate of drug-likeness (QED) is 0.728. The molecule has 0 aliphatic rings. The number of alkyl halides is 3. The normalized spacial score (nSPS) is 13.5. The van der Waals surface area contributed by atoms with E-state index in [2.05, 4.69) is 5.32 Å². The molecule has 0 bridgehead atoms. The lowest BCUT2D eigenvalue weighted by Crippen LogP contribution is -2.42. The lowest BCUT2D eigenvalue weighted by molar-refractivity contribution is -0.138. The van der Waals surface area contributed by atoms with Gasteiger partial charge in [-0.3, -0.25) is 4.79 Å². The molecule has 1 unspecified atom stereocenters. The third-order valence-corrected chi connectivity index (χ3v) is 4.20. The van der Waals surface area contributed by atoms with Crippen LogP contribution in [0.15, 0.2) is 47.4 Å². The minimum Gasteiger partial charge on any atom is -0.380 e. The molecule has 0 radical (unpaired) electrons. The minimum absolute atomic E-state index is 0.0532. The smallest absolute Gasteiger partial charge is 0.380 e. The predicted molar refractivity (Wildman–Crippen MR) is 92.5 cm³/mol. The van der Waals surface area contributed by atoms with Crippen LogP contribution >= 0.6 is 12.1 Å². The van der Waals surface area contributed by atoms with Crippen molar-refractivity contribution in [3.05, 3.63) is 59.2 Å². The zero-order chi connectivity index (χ0) is 20.2. The van der Waals surface area contributed by atoms with Gasteiger partial charge in [-0.1, -0.05) is 12.1 Å². The van der Waals surface area contributed by atoms with Gasteiger partial charge in [-0.05, 0) is 42.8 Å². The molecule has 0 saturated heterocycles. The van der Waals surface area contributed by atoms with Crippen LogP contribution in [0.5, 0.6) is 0 Å². The number of hydrogen-bond acceptors (Lipinski definition) is 4. The van der Waals surface area contributed by atoms with Crippen LogP contribution in [0, 0.1) is 11.3 Å². The summed E-state index contributed by atoms with van der Waals surface area (Å²) in [6.07, 6.45) is -4.89. The van der Waals surface area contributed by atoms with Crippen molar-refractivity contribution in [3.8, 4) is 6.07 Å². The highest BCUT2D eigenvalue weighted by molar-refractivity contribution is 7.94. The van der Waals surface area contributed by atoms with Gasteiger partial charge in [0.2, 0.25) is 0 Å². The number of carbonyl (C=O) groups is 1. The Morgan fingerprint density at radius 1 is 1.22 bits per heavy atom. The van der Waals surface area contributed by atoms with Crippen LogP contribution in [0.3, 0.4) is 0 Å². The van der Waals surface area contributed by atoms with Crippen molar-refractivity contribution in [2.45, 2.75) is 30.0 Å². The van der Waals surface area contributed by atoms with Crippen molar-refractivity contribution >= 4 is 23.7 Å². The van der Waals surface area contributed by atoms with Gasteiger partial charge in [0.05, 0.1) is 29.3 Å². The molecular weight excluding hydrogens is 384 g/mol. The molecule has 2 aromatic carbocycles. The molecule has 1 atom stereocenters. The van der Waals surface area contributed by atoms with Gasteiger partial charge in [0.25, 0.3) is 5.91 Å². The lowest BCUT2D eigenvalue weighted by Gasteiger charge is -2.23. The molecule has 0 spiro atoms. The predicted octanol–water partition coefficient (Wildman–Crippen LogP) is 4.49. The number of carbonyl (C=O) groups excluding carboxylic acids is 1. The maximum atomic E-state index is 13.0. The van der Waals surface area contributed by atoms with Crippen LogP contribution in [-0.2, 0) is 17.4 Å². The minimum atomic E-state index is -4.76. The van der Waals surface area contributed by atoms with E-state index in [1.807, 2.05) is 0 Å². The van der Waals surface area contributed by atoms with Crippen molar-refractivity contribution in [1.29, 1.82) is 5.26 Å². The number of rotatable bonds is 5. The second-order valence-electron chi connectivity index (χ2n) is 6.00. The molecule has 0 aromatic heterocycles. The zero-order valence-corrected chi connectivity index (χ0v) is 14.8. The van der Waals surface area contributed by atoms with E-state index in [4.69, 9.17) is 5.26 Å². The lowest BCUT2D eigenvalue weighted by atomic mass is 9.95. The van der Waals surface area contributed by atoms with Crippen molar-refractivity contribution in [1.82, 2.24) is 0 Å². The fraction of sp³-hybridized carbons (Fsp3) is 0.222. The van der Waals surface area contributed by atoms with Gasteiger partial charge in [0, 0.05) is 17.0 Å². The first kappa shape index (κ1) is 20.7. The number of hydrogen-bond donors (Lipinski definition) is 2. The Morgan fingerprint density at radius 2 is 1.85 bits per heavy atom. The summed E-state index contributed by atoms with van der Waals surface area (Å²) in [5.74, 6) is -0.913. The topological polar surface area (TPSA) is 73.1 Å². The summed E-state index contributed by atoms with van der Waals surface area (Å²) in [6.45, 7) is 1.22. The summed E-state index contributed by atoms with van der Waals surface area (Å²) in [5.41, 5.74) is -3.32. The average Bonchev–Trinajstić information content (AvgIpc) is 2.61. The third-order valence-electron chi connectivity index (χ3n) is 3.75. The van der Waals surface area contributed by atoms with Crippen molar-refractivity contribution in [2.75, 3.05) is 5.32 Å². The number of anilines is 1. The van der Waals surface area contributed by atoms with Crippen LogP contribution in [0.25, 0.3) is 0 Å². The van der Waals surface area contributed by atoms with Gasteiger partial charge >= 0.3 is 6.18 Å². The maximum Gasteiger partial charge on any atom is 0.417 e. The molecule has 0 aliphatic carbocycles. The summed E-state index contributed by atoms with van der Waals surface area (Å²) in [7, 11) is 0. The molecule has 2 N–H and O–H groups in total. The molecule has 0 saturated carbocycles. The summed E-state index contributed by atoms with van der Waals surface area (Å²) in [4.78, 5) is 12.7. The molecule has 9 heteroatoms. The fourth-order valence-electron chi connectivity index (χ4n) is 2.36. The molecule has 0 fully saturated rings. The summed E-state index contributed by atoms with van der Waals surface area (Å²) >= 11 is 0.0532. The van der Waals surface area contributed by atoms with Gasteiger partial charge in [0.15, 0.2) is 0 Å². The summed E-state index contributed by atoms with van der Waals surface area (Å²) < 4.78 is 51.4. The first-order valence-corrected chi connectivity index (χ1v) is 8.31. The molecule has 27 heavy (non-hydrogen) atoms. The van der Waals surface area contributed by atoms with Gasteiger partial charge in [-0.25, -0.2) is 0 Å². The molecule has 1 amide bonds.